The number of ether oxygens (including phenoxy) is 1. The second kappa shape index (κ2) is 9.90. The van der Waals surface area contributed by atoms with E-state index in [4.69, 9.17) is 16.3 Å². The van der Waals surface area contributed by atoms with Gasteiger partial charge in [0.05, 0.1) is 12.4 Å². The van der Waals surface area contributed by atoms with Gasteiger partial charge in [-0.25, -0.2) is 9.97 Å². The maximum absolute atomic E-state index is 12.0. The fourth-order valence-electron chi connectivity index (χ4n) is 2.27. The molecule has 1 atom stereocenters. The molecule has 0 saturated heterocycles. The Kier molecular flexibility index (Phi) is 7.30. The van der Waals surface area contributed by atoms with Crippen LogP contribution in [-0.2, 0) is 15.3 Å². The highest BCUT2D eigenvalue weighted by Gasteiger charge is 2.22. The SMILES string of the molecule is CCOC(=O)C(C)Sc1nnc(CSc2ncccn2)n1-c1ccc(Cl)cc1. The molecule has 3 aromatic rings. The summed E-state index contributed by atoms with van der Waals surface area (Å²) >= 11 is 8.79. The Bertz CT molecular complexity index is 921. The molecule has 0 aliphatic heterocycles. The van der Waals surface area contributed by atoms with Crippen LogP contribution in [0.3, 0.4) is 0 Å². The van der Waals surface area contributed by atoms with Gasteiger partial charge in [0.25, 0.3) is 0 Å². The van der Waals surface area contributed by atoms with Crippen molar-refractivity contribution in [2.75, 3.05) is 6.61 Å². The number of thioether (sulfide) groups is 2. The Morgan fingerprint density at radius 3 is 2.61 bits per heavy atom. The van der Waals surface area contributed by atoms with Crippen molar-refractivity contribution in [2.24, 2.45) is 0 Å². The largest absolute Gasteiger partial charge is 0.465 e. The number of halogens is 1. The number of esters is 1. The summed E-state index contributed by atoms with van der Waals surface area (Å²) in [5.41, 5.74) is 0.859. The average molecular weight is 436 g/mol. The molecule has 0 saturated carbocycles. The standard InChI is InChI=1S/C18H18ClN5O2S2/c1-3-26-16(25)12(2)28-18-23-22-15(11-27-17-20-9-4-10-21-17)24(18)14-7-5-13(19)6-8-14/h4-10,12H,3,11H2,1-2H3. The summed E-state index contributed by atoms with van der Waals surface area (Å²) in [4.78, 5) is 20.5. The van der Waals surface area contributed by atoms with E-state index in [0.29, 0.717) is 27.7 Å². The van der Waals surface area contributed by atoms with E-state index in [-0.39, 0.29) is 5.97 Å². The minimum atomic E-state index is -0.409. The number of nitrogens with zero attached hydrogens (tertiary/aromatic N) is 5. The van der Waals surface area contributed by atoms with Gasteiger partial charge in [0.2, 0.25) is 0 Å². The van der Waals surface area contributed by atoms with Gasteiger partial charge in [-0.3, -0.25) is 9.36 Å². The van der Waals surface area contributed by atoms with Crippen LogP contribution >= 0.6 is 35.1 Å². The monoisotopic (exact) mass is 435 g/mol. The molecule has 0 amide bonds. The minimum absolute atomic E-state index is 0.285. The second-order valence-electron chi connectivity index (χ2n) is 5.54. The van der Waals surface area contributed by atoms with Gasteiger partial charge < -0.3 is 4.74 Å². The molecule has 0 spiro atoms. The summed E-state index contributed by atoms with van der Waals surface area (Å²) < 4.78 is 7.00. The zero-order valence-electron chi connectivity index (χ0n) is 15.3. The third kappa shape index (κ3) is 5.24. The number of rotatable bonds is 8. The van der Waals surface area contributed by atoms with Gasteiger partial charge in [0.15, 0.2) is 10.3 Å². The van der Waals surface area contributed by atoms with Gasteiger partial charge in [-0.2, -0.15) is 0 Å². The number of benzene rings is 1. The molecule has 0 aliphatic rings. The summed E-state index contributed by atoms with van der Waals surface area (Å²) in [6.45, 7) is 3.91. The second-order valence-corrected chi connectivity index (χ2v) is 8.23. The van der Waals surface area contributed by atoms with Crippen LogP contribution in [0.1, 0.15) is 19.7 Å². The highest BCUT2D eigenvalue weighted by molar-refractivity contribution is 8.00. The Morgan fingerprint density at radius 1 is 1.21 bits per heavy atom. The van der Waals surface area contributed by atoms with E-state index in [2.05, 4.69) is 20.2 Å². The van der Waals surface area contributed by atoms with E-state index in [1.54, 1.807) is 44.4 Å². The normalized spacial score (nSPS) is 12.0. The van der Waals surface area contributed by atoms with Crippen LogP contribution in [0.25, 0.3) is 5.69 Å². The molecule has 7 nitrogen and oxygen atoms in total. The van der Waals surface area contributed by atoms with E-state index in [1.807, 2.05) is 16.7 Å². The Morgan fingerprint density at radius 2 is 1.93 bits per heavy atom. The molecule has 1 aromatic carbocycles. The van der Waals surface area contributed by atoms with Crippen LogP contribution in [0.2, 0.25) is 5.02 Å². The molecular formula is C18H18ClN5O2S2. The zero-order valence-corrected chi connectivity index (χ0v) is 17.7. The predicted octanol–water partition coefficient (Wildman–Crippen LogP) is 4.05. The molecular weight excluding hydrogens is 418 g/mol. The molecule has 2 heterocycles. The van der Waals surface area contributed by atoms with Gasteiger partial charge in [0, 0.05) is 23.1 Å². The summed E-state index contributed by atoms with van der Waals surface area (Å²) in [6, 6.07) is 9.15. The van der Waals surface area contributed by atoms with Crippen molar-refractivity contribution >= 4 is 41.1 Å². The molecule has 0 N–H and O–H groups in total. The molecule has 3 rings (SSSR count). The number of aromatic nitrogens is 5. The quantitative estimate of drug-likeness (QED) is 0.297. The van der Waals surface area contributed by atoms with E-state index >= 15 is 0 Å². The summed E-state index contributed by atoms with van der Waals surface area (Å²) in [6.07, 6.45) is 3.39. The topological polar surface area (TPSA) is 82.8 Å². The van der Waals surface area contributed by atoms with Gasteiger partial charge in [-0.15, -0.1) is 10.2 Å². The lowest BCUT2D eigenvalue weighted by Gasteiger charge is -2.13. The van der Waals surface area contributed by atoms with Crippen LogP contribution in [0.5, 0.6) is 0 Å². The maximum Gasteiger partial charge on any atom is 0.319 e. The van der Waals surface area contributed by atoms with E-state index < -0.39 is 5.25 Å². The first-order valence-electron chi connectivity index (χ1n) is 8.51. The van der Waals surface area contributed by atoms with Crippen molar-refractivity contribution in [1.29, 1.82) is 0 Å². The molecule has 0 bridgehead atoms. The van der Waals surface area contributed by atoms with Crippen LogP contribution in [-0.4, -0.2) is 42.6 Å². The van der Waals surface area contributed by atoms with Crippen LogP contribution in [0, 0.1) is 0 Å². The third-order valence-corrected chi connectivity index (χ3v) is 5.70. The average Bonchev–Trinajstić information content (AvgIpc) is 3.10. The highest BCUT2D eigenvalue weighted by Crippen LogP contribution is 2.29. The van der Waals surface area contributed by atoms with Crippen molar-refractivity contribution in [1.82, 2.24) is 24.7 Å². The predicted molar refractivity (Wildman–Crippen MR) is 110 cm³/mol. The van der Waals surface area contributed by atoms with Crippen molar-refractivity contribution < 1.29 is 9.53 Å². The van der Waals surface area contributed by atoms with Gasteiger partial charge in [-0.05, 0) is 44.2 Å². The Balaban J connectivity index is 1.88. The van der Waals surface area contributed by atoms with Crippen molar-refractivity contribution in [3.63, 3.8) is 0 Å². The fourth-order valence-corrected chi connectivity index (χ4v) is 4.00. The number of carbonyl (C=O) groups is 1. The van der Waals surface area contributed by atoms with Gasteiger partial charge in [0.1, 0.15) is 11.1 Å². The number of hydrogen-bond acceptors (Lipinski definition) is 8. The third-order valence-electron chi connectivity index (χ3n) is 3.56. The Hall–Kier alpha value is -2.10. The molecule has 0 aliphatic carbocycles. The summed E-state index contributed by atoms with van der Waals surface area (Å²) in [7, 11) is 0. The Labute approximate surface area is 176 Å². The summed E-state index contributed by atoms with van der Waals surface area (Å²) in [5, 5.41) is 10.1. The molecule has 1 unspecified atom stereocenters. The van der Waals surface area contributed by atoms with Gasteiger partial charge in [-0.1, -0.05) is 35.1 Å². The molecule has 0 fully saturated rings. The summed E-state index contributed by atoms with van der Waals surface area (Å²) in [5.74, 6) is 0.957. The van der Waals surface area contributed by atoms with Crippen molar-refractivity contribution in [3.05, 3.63) is 53.6 Å². The molecule has 0 radical (unpaired) electrons. The van der Waals surface area contributed by atoms with Crippen molar-refractivity contribution in [3.8, 4) is 5.69 Å². The molecule has 2 aromatic heterocycles. The first kappa shape index (κ1) is 20.6. The smallest absolute Gasteiger partial charge is 0.319 e. The van der Waals surface area contributed by atoms with Crippen LogP contribution < -0.4 is 0 Å². The molecule has 10 heteroatoms. The van der Waals surface area contributed by atoms with E-state index in [9.17, 15) is 4.79 Å². The first-order valence-corrected chi connectivity index (χ1v) is 10.8. The fraction of sp³-hybridized carbons (Fsp3) is 0.278. The molecule has 28 heavy (non-hydrogen) atoms. The van der Waals surface area contributed by atoms with E-state index in [0.717, 1.165) is 11.5 Å². The number of hydrogen-bond donors (Lipinski definition) is 0. The van der Waals surface area contributed by atoms with Crippen LogP contribution in [0.15, 0.2) is 53.0 Å². The number of carbonyl (C=O) groups excluding carboxylic acids is 1. The van der Waals surface area contributed by atoms with Gasteiger partial charge >= 0.3 is 5.97 Å². The van der Waals surface area contributed by atoms with Crippen LogP contribution in [0.4, 0.5) is 0 Å². The lowest BCUT2D eigenvalue weighted by molar-refractivity contribution is -0.142. The highest BCUT2D eigenvalue weighted by atomic mass is 35.5. The zero-order chi connectivity index (χ0) is 19.9. The first-order chi connectivity index (χ1) is 13.6. The van der Waals surface area contributed by atoms with Crippen molar-refractivity contribution in [2.45, 2.75) is 35.2 Å². The lowest BCUT2D eigenvalue weighted by atomic mass is 10.3. The minimum Gasteiger partial charge on any atom is -0.465 e. The maximum atomic E-state index is 12.0. The lowest BCUT2D eigenvalue weighted by Crippen LogP contribution is -2.17. The van der Waals surface area contributed by atoms with E-state index in [1.165, 1.54) is 23.5 Å². The molecule has 146 valence electrons.